The minimum absolute atomic E-state index is 0.346. The summed E-state index contributed by atoms with van der Waals surface area (Å²) in [5, 5.41) is 1.48. The smallest absolute Gasteiger partial charge is 0.424 e. The molecule has 0 aromatic heterocycles. The van der Waals surface area contributed by atoms with E-state index in [-0.39, 0.29) is 6.09 Å². The molecule has 100 valence electrons. The largest absolute Gasteiger partial charge is 0.443 e. The minimum Gasteiger partial charge on any atom is -0.443 e. The van der Waals surface area contributed by atoms with Crippen molar-refractivity contribution >= 4 is 6.09 Å². The van der Waals surface area contributed by atoms with Crippen LogP contribution in [0.2, 0.25) is 0 Å². The number of hydrogen-bond donors (Lipinski definition) is 1. The first-order chi connectivity index (χ1) is 8.42. The standard InChI is InChI=1S/C14H22N2O2/c1-5-16(13(17)18-14(2,3)4)15-11-12-9-7-6-8-10-12/h6-10,15H,5,11H2,1-4H3. The molecular weight excluding hydrogens is 228 g/mol. The fourth-order valence-electron chi connectivity index (χ4n) is 1.41. The van der Waals surface area contributed by atoms with E-state index in [1.165, 1.54) is 5.01 Å². The monoisotopic (exact) mass is 250 g/mol. The highest BCUT2D eigenvalue weighted by atomic mass is 16.6. The predicted octanol–water partition coefficient (Wildman–Crippen LogP) is 2.95. The summed E-state index contributed by atoms with van der Waals surface area (Å²) in [6.07, 6.45) is -0.346. The van der Waals surface area contributed by atoms with Crippen LogP contribution in [0, 0.1) is 0 Å². The molecule has 0 aliphatic carbocycles. The molecule has 4 nitrogen and oxygen atoms in total. The first-order valence-corrected chi connectivity index (χ1v) is 6.20. The lowest BCUT2D eigenvalue weighted by Crippen LogP contribution is -2.45. The summed E-state index contributed by atoms with van der Waals surface area (Å²) >= 11 is 0. The van der Waals surface area contributed by atoms with Gasteiger partial charge in [-0.25, -0.2) is 15.2 Å². The molecule has 0 fully saturated rings. The molecule has 4 heteroatoms. The molecule has 0 aliphatic rings. The zero-order valence-electron chi connectivity index (χ0n) is 11.6. The minimum atomic E-state index is -0.473. The second kappa shape index (κ2) is 6.40. The van der Waals surface area contributed by atoms with Crippen LogP contribution in [0.15, 0.2) is 30.3 Å². The summed E-state index contributed by atoms with van der Waals surface area (Å²) in [4.78, 5) is 11.9. The number of hydrazine groups is 1. The van der Waals surface area contributed by atoms with Crippen molar-refractivity contribution in [2.75, 3.05) is 6.54 Å². The SMILES string of the molecule is CCN(NCc1ccccc1)C(=O)OC(C)(C)C. The molecule has 0 bridgehead atoms. The normalized spacial score (nSPS) is 11.1. The Balaban J connectivity index is 2.50. The van der Waals surface area contributed by atoms with Crippen LogP contribution in [0.25, 0.3) is 0 Å². The van der Waals surface area contributed by atoms with E-state index in [1.54, 1.807) is 0 Å². The predicted molar refractivity (Wildman–Crippen MR) is 71.9 cm³/mol. The van der Waals surface area contributed by atoms with Gasteiger partial charge in [-0.05, 0) is 33.3 Å². The Morgan fingerprint density at radius 2 is 1.89 bits per heavy atom. The van der Waals surface area contributed by atoms with Crippen molar-refractivity contribution in [1.29, 1.82) is 0 Å². The van der Waals surface area contributed by atoms with Gasteiger partial charge >= 0.3 is 6.09 Å². The van der Waals surface area contributed by atoms with Crippen LogP contribution in [0.5, 0.6) is 0 Å². The molecule has 1 amide bonds. The van der Waals surface area contributed by atoms with Crippen LogP contribution >= 0.6 is 0 Å². The van der Waals surface area contributed by atoms with Crippen molar-refractivity contribution in [2.45, 2.75) is 39.8 Å². The van der Waals surface area contributed by atoms with E-state index in [9.17, 15) is 4.79 Å². The highest BCUT2D eigenvalue weighted by Crippen LogP contribution is 2.09. The maximum absolute atomic E-state index is 11.9. The van der Waals surface area contributed by atoms with Gasteiger partial charge < -0.3 is 4.74 Å². The lowest BCUT2D eigenvalue weighted by atomic mass is 10.2. The molecule has 0 saturated heterocycles. The molecule has 1 rings (SSSR count). The number of benzene rings is 1. The Hall–Kier alpha value is -1.55. The third-order valence-electron chi connectivity index (χ3n) is 2.25. The number of ether oxygens (including phenoxy) is 1. The highest BCUT2D eigenvalue weighted by molar-refractivity contribution is 5.67. The van der Waals surface area contributed by atoms with Gasteiger partial charge in [0.2, 0.25) is 0 Å². The van der Waals surface area contributed by atoms with Crippen LogP contribution < -0.4 is 5.43 Å². The lowest BCUT2D eigenvalue weighted by molar-refractivity contribution is 0.0144. The van der Waals surface area contributed by atoms with E-state index < -0.39 is 5.60 Å². The zero-order chi connectivity index (χ0) is 13.6. The van der Waals surface area contributed by atoms with Crippen molar-refractivity contribution in [3.8, 4) is 0 Å². The van der Waals surface area contributed by atoms with Gasteiger partial charge in [-0.1, -0.05) is 30.3 Å². The van der Waals surface area contributed by atoms with Crippen molar-refractivity contribution in [3.05, 3.63) is 35.9 Å². The Kier molecular flexibility index (Phi) is 5.16. The number of amides is 1. The molecule has 0 unspecified atom stereocenters. The molecule has 0 radical (unpaired) electrons. The van der Waals surface area contributed by atoms with E-state index in [2.05, 4.69) is 5.43 Å². The second-order valence-corrected chi connectivity index (χ2v) is 5.05. The fraction of sp³-hybridized carbons (Fsp3) is 0.500. The molecule has 0 aliphatic heterocycles. The summed E-state index contributed by atoms with van der Waals surface area (Å²) in [7, 11) is 0. The molecule has 0 saturated carbocycles. The molecule has 0 spiro atoms. The Bertz CT molecular complexity index is 371. The van der Waals surface area contributed by atoms with Crippen LogP contribution in [0.1, 0.15) is 33.3 Å². The zero-order valence-corrected chi connectivity index (χ0v) is 11.6. The van der Waals surface area contributed by atoms with Crippen molar-refractivity contribution in [2.24, 2.45) is 0 Å². The molecule has 0 heterocycles. The first-order valence-electron chi connectivity index (χ1n) is 6.20. The molecule has 1 aromatic carbocycles. The van der Waals surface area contributed by atoms with Crippen LogP contribution in [-0.2, 0) is 11.3 Å². The van der Waals surface area contributed by atoms with Crippen molar-refractivity contribution in [3.63, 3.8) is 0 Å². The van der Waals surface area contributed by atoms with Gasteiger partial charge in [0, 0.05) is 13.1 Å². The maximum atomic E-state index is 11.9. The number of carbonyl (C=O) groups is 1. The highest BCUT2D eigenvalue weighted by Gasteiger charge is 2.20. The number of nitrogens with zero attached hydrogens (tertiary/aromatic N) is 1. The van der Waals surface area contributed by atoms with Gasteiger partial charge in [-0.2, -0.15) is 0 Å². The van der Waals surface area contributed by atoms with E-state index >= 15 is 0 Å². The molecule has 18 heavy (non-hydrogen) atoms. The summed E-state index contributed by atoms with van der Waals surface area (Å²) in [5.41, 5.74) is 3.72. The average Bonchev–Trinajstić information content (AvgIpc) is 2.29. The summed E-state index contributed by atoms with van der Waals surface area (Å²) < 4.78 is 5.30. The van der Waals surface area contributed by atoms with E-state index in [4.69, 9.17) is 4.74 Å². The Morgan fingerprint density at radius 1 is 1.28 bits per heavy atom. The van der Waals surface area contributed by atoms with Crippen molar-refractivity contribution < 1.29 is 9.53 Å². The molecular formula is C14H22N2O2. The third-order valence-corrected chi connectivity index (χ3v) is 2.25. The summed E-state index contributed by atoms with van der Waals surface area (Å²) in [6.45, 7) is 8.64. The van der Waals surface area contributed by atoms with E-state index in [1.807, 2.05) is 58.0 Å². The summed E-state index contributed by atoms with van der Waals surface area (Å²) in [6, 6.07) is 9.93. The molecule has 1 N–H and O–H groups in total. The van der Waals surface area contributed by atoms with Gasteiger partial charge in [-0.3, -0.25) is 0 Å². The van der Waals surface area contributed by atoms with Crippen LogP contribution in [0.4, 0.5) is 4.79 Å². The number of carbonyl (C=O) groups excluding carboxylic acids is 1. The quantitative estimate of drug-likeness (QED) is 0.835. The molecule has 1 aromatic rings. The van der Waals surface area contributed by atoms with Gasteiger partial charge in [0.1, 0.15) is 5.60 Å². The van der Waals surface area contributed by atoms with Gasteiger partial charge in [0.25, 0.3) is 0 Å². The summed E-state index contributed by atoms with van der Waals surface area (Å²) in [5.74, 6) is 0. The number of nitrogens with one attached hydrogen (secondary N) is 1. The van der Waals surface area contributed by atoms with Gasteiger partial charge in [-0.15, -0.1) is 0 Å². The van der Waals surface area contributed by atoms with Crippen LogP contribution in [-0.4, -0.2) is 23.2 Å². The lowest BCUT2D eigenvalue weighted by Gasteiger charge is -2.26. The maximum Gasteiger partial charge on any atom is 0.424 e. The second-order valence-electron chi connectivity index (χ2n) is 5.05. The topological polar surface area (TPSA) is 41.6 Å². The number of rotatable bonds is 4. The van der Waals surface area contributed by atoms with E-state index in [0.29, 0.717) is 13.1 Å². The first kappa shape index (κ1) is 14.5. The van der Waals surface area contributed by atoms with Gasteiger partial charge in [0.05, 0.1) is 0 Å². The Morgan fingerprint density at radius 3 is 2.39 bits per heavy atom. The van der Waals surface area contributed by atoms with Crippen LogP contribution in [0.3, 0.4) is 0 Å². The van der Waals surface area contributed by atoms with Gasteiger partial charge in [0.15, 0.2) is 0 Å². The van der Waals surface area contributed by atoms with Crippen molar-refractivity contribution in [1.82, 2.24) is 10.4 Å². The molecule has 0 atom stereocenters. The number of hydrogen-bond acceptors (Lipinski definition) is 3. The average molecular weight is 250 g/mol. The fourth-order valence-corrected chi connectivity index (χ4v) is 1.41. The third kappa shape index (κ3) is 5.19. The van der Waals surface area contributed by atoms with E-state index in [0.717, 1.165) is 5.56 Å². The Labute approximate surface area is 109 Å².